The van der Waals surface area contributed by atoms with Gasteiger partial charge in [0.15, 0.2) is 6.04 Å². The van der Waals surface area contributed by atoms with Gasteiger partial charge < -0.3 is 15.2 Å². The molecule has 0 radical (unpaired) electrons. The van der Waals surface area contributed by atoms with Gasteiger partial charge in [-0.2, -0.15) is 0 Å². The van der Waals surface area contributed by atoms with Crippen LogP contribution in [0.5, 0.6) is 0 Å². The number of methoxy groups -OCH3 is 1. The maximum absolute atomic E-state index is 11.8. The molecule has 1 rings (SSSR count). The molecule has 1 unspecified atom stereocenters. The average Bonchev–Trinajstić information content (AvgIpc) is 2.38. The lowest BCUT2D eigenvalue weighted by molar-refractivity contribution is -0.144. The summed E-state index contributed by atoms with van der Waals surface area (Å²) >= 11 is 0. The molecular weight excluding hydrogens is 234 g/mol. The number of carbonyl (C=O) groups is 2. The van der Waals surface area contributed by atoms with Crippen LogP contribution in [-0.2, 0) is 14.3 Å². The van der Waals surface area contributed by atoms with Crippen molar-refractivity contribution in [1.82, 2.24) is 5.32 Å². The van der Waals surface area contributed by atoms with Gasteiger partial charge in [0.05, 0.1) is 0 Å². The molecule has 0 aliphatic rings. The van der Waals surface area contributed by atoms with Crippen molar-refractivity contribution < 1.29 is 19.4 Å². The molecule has 1 aromatic carbocycles. The molecule has 18 heavy (non-hydrogen) atoms. The topological polar surface area (TPSA) is 75.6 Å². The van der Waals surface area contributed by atoms with Crippen molar-refractivity contribution >= 4 is 11.9 Å². The van der Waals surface area contributed by atoms with Gasteiger partial charge in [-0.25, -0.2) is 4.79 Å². The third-order valence-electron chi connectivity index (χ3n) is 2.61. The van der Waals surface area contributed by atoms with Crippen LogP contribution in [0.4, 0.5) is 0 Å². The van der Waals surface area contributed by atoms with E-state index in [9.17, 15) is 9.59 Å². The zero-order chi connectivity index (χ0) is 13.5. The molecule has 2 N–H and O–H groups in total. The average molecular weight is 251 g/mol. The van der Waals surface area contributed by atoms with Crippen molar-refractivity contribution in [2.45, 2.75) is 25.5 Å². The van der Waals surface area contributed by atoms with E-state index in [0.717, 1.165) is 0 Å². The number of hydrogen-bond donors (Lipinski definition) is 2. The Kier molecular flexibility index (Phi) is 5.32. The number of nitrogens with one attached hydrogen (secondary N) is 1. The maximum Gasteiger partial charge on any atom is 0.330 e. The van der Waals surface area contributed by atoms with Crippen molar-refractivity contribution in [3.63, 3.8) is 0 Å². The predicted molar refractivity (Wildman–Crippen MR) is 66.0 cm³/mol. The van der Waals surface area contributed by atoms with Crippen LogP contribution in [0.2, 0.25) is 0 Å². The highest BCUT2D eigenvalue weighted by molar-refractivity contribution is 5.87. The van der Waals surface area contributed by atoms with Gasteiger partial charge in [-0.3, -0.25) is 4.79 Å². The Morgan fingerprint density at radius 2 is 1.94 bits per heavy atom. The molecule has 0 bridgehead atoms. The SMILES string of the molecule is CCC(OC)C(=O)N[C@@H](C(=O)O)c1ccccc1. The second kappa shape index (κ2) is 6.76. The lowest BCUT2D eigenvalue weighted by Crippen LogP contribution is -2.40. The Morgan fingerprint density at radius 3 is 2.39 bits per heavy atom. The smallest absolute Gasteiger partial charge is 0.330 e. The van der Waals surface area contributed by atoms with Gasteiger partial charge in [-0.1, -0.05) is 37.3 Å². The molecule has 0 spiro atoms. The summed E-state index contributed by atoms with van der Waals surface area (Å²) in [4.78, 5) is 23.0. The molecule has 2 atom stereocenters. The van der Waals surface area contributed by atoms with Crippen LogP contribution >= 0.6 is 0 Å². The van der Waals surface area contributed by atoms with Crippen LogP contribution in [0.3, 0.4) is 0 Å². The highest BCUT2D eigenvalue weighted by atomic mass is 16.5. The number of amides is 1. The summed E-state index contributed by atoms with van der Waals surface area (Å²) in [6.45, 7) is 1.80. The largest absolute Gasteiger partial charge is 0.479 e. The molecule has 98 valence electrons. The third kappa shape index (κ3) is 3.56. The molecule has 0 heterocycles. The lowest BCUT2D eigenvalue weighted by atomic mass is 10.1. The van der Waals surface area contributed by atoms with Gasteiger partial charge in [0.2, 0.25) is 5.91 Å². The molecule has 0 aliphatic heterocycles. The van der Waals surface area contributed by atoms with E-state index in [4.69, 9.17) is 9.84 Å². The Balaban J connectivity index is 2.82. The zero-order valence-electron chi connectivity index (χ0n) is 10.4. The minimum atomic E-state index is -1.10. The molecule has 5 heteroatoms. The minimum absolute atomic E-state index is 0.420. The number of rotatable bonds is 6. The normalized spacial score (nSPS) is 13.7. The molecule has 0 aliphatic carbocycles. The van der Waals surface area contributed by atoms with E-state index in [0.29, 0.717) is 12.0 Å². The van der Waals surface area contributed by atoms with Crippen LogP contribution in [0.15, 0.2) is 30.3 Å². The quantitative estimate of drug-likeness (QED) is 0.800. The number of benzene rings is 1. The second-order valence-electron chi connectivity index (χ2n) is 3.82. The Labute approximate surface area is 106 Å². The second-order valence-corrected chi connectivity index (χ2v) is 3.82. The highest BCUT2D eigenvalue weighted by Gasteiger charge is 2.25. The van der Waals surface area contributed by atoms with Gasteiger partial charge in [0.25, 0.3) is 0 Å². The van der Waals surface area contributed by atoms with Crippen LogP contribution in [-0.4, -0.2) is 30.2 Å². The van der Waals surface area contributed by atoms with E-state index in [1.807, 2.05) is 0 Å². The Bertz CT molecular complexity index is 401. The van der Waals surface area contributed by atoms with Gasteiger partial charge in [0.1, 0.15) is 6.10 Å². The molecule has 0 saturated heterocycles. The first-order valence-corrected chi connectivity index (χ1v) is 5.71. The fourth-order valence-electron chi connectivity index (χ4n) is 1.63. The van der Waals surface area contributed by atoms with Crippen molar-refractivity contribution in [3.05, 3.63) is 35.9 Å². The molecule has 1 amide bonds. The first-order chi connectivity index (χ1) is 8.60. The fraction of sp³-hybridized carbons (Fsp3) is 0.385. The van der Waals surface area contributed by atoms with E-state index in [1.165, 1.54) is 7.11 Å². The monoisotopic (exact) mass is 251 g/mol. The number of carbonyl (C=O) groups excluding carboxylic acids is 1. The predicted octanol–water partition coefficient (Wildman–Crippen LogP) is 1.35. The Hall–Kier alpha value is -1.88. The van der Waals surface area contributed by atoms with Crippen molar-refractivity contribution in [3.8, 4) is 0 Å². The fourth-order valence-corrected chi connectivity index (χ4v) is 1.63. The maximum atomic E-state index is 11.8. The number of aliphatic carboxylic acids is 1. The lowest BCUT2D eigenvalue weighted by Gasteiger charge is -2.18. The van der Waals surface area contributed by atoms with Gasteiger partial charge in [-0.15, -0.1) is 0 Å². The van der Waals surface area contributed by atoms with E-state index < -0.39 is 24.0 Å². The zero-order valence-corrected chi connectivity index (χ0v) is 10.4. The summed E-state index contributed by atoms with van der Waals surface area (Å²) in [7, 11) is 1.42. The van der Waals surface area contributed by atoms with E-state index in [2.05, 4.69) is 5.32 Å². The van der Waals surface area contributed by atoms with Crippen LogP contribution < -0.4 is 5.32 Å². The summed E-state index contributed by atoms with van der Waals surface area (Å²) < 4.78 is 4.97. The summed E-state index contributed by atoms with van der Waals surface area (Å²) in [6, 6.07) is 7.51. The van der Waals surface area contributed by atoms with E-state index >= 15 is 0 Å². The minimum Gasteiger partial charge on any atom is -0.479 e. The number of ether oxygens (including phenoxy) is 1. The molecule has 0 saturated carbocycles. The summed E-state index contributed by atoms with van der Waals surface area (Å²) in [5.74, 6) is -1.52. The molecular formula is C13H17NO4. The van der Waals surface area contributed by atoms with E-state index in [1.54, 1.807) is 37.3 Å². The molecule has 5 nitrogen and oxygen atoms in total. The molecule has 0 aromatic heterocycles. The number of hydrogen-bond acceptors (Lipinski definition) is 3. The van der Waals surface area contributed by atoms with Gasteiger partial charge >= 0.3 is 5.97 Å². The van der Waals surface area contributed by atoms with Crippen molar-refractivity contribution in [1.29, 1.82) is 0 Å². The highest BCUT2D eigenvalue weighted by Crippen LogP contribution is 2.13. The van der Waals surface area contributed by atoms with Gasteiger partial charge in [0, 0.05) is 7.11 Å². The van der Waals surface area contributed by atoms with Crippen LogP contribution in [0.25, 0.3) is 0 Å². The standard InChI is InChI=1S/C13H17NO4/c1-3-10(18-2)12(15)14-11(13(16)17)9-7-5-4-6-8-9/h4-8,10-11H,3H2,1-2H3,(H,14,15)(H,16,17)/t10?,11-/m1/s1. The Morgan fingerprint density at radius 1 is 1.33 bits per heavy atom. The van der Waals surface area contributed by atoms with E-state index in [-0.39, 0.29) is 0 Å². The summed E-state index contributed by atoms with van der Waals surface area (Å²) in [5.41, 5.74) is 0.532. The molecule has 1 aromatic rings. The van der Waals surface area contributed by atoms with Crippen molar-refractivity contribution in [2.75, 3.05) is 7.11 Å². The van der Waals surface area contributed by atoms with Gasteiger partial charge in [-0.05, 0) is 12.0 Å². The summed E-state index contributed by atoms with van der Waals surface area (Å²) in [6.07, 6.45) is -0.140. The third-order valence-corrected chi connectivity index (χ3v) is 2.61. The number of carboxylic acid groups (broad SMARTS) is 1. The number of carboxylic acids is 1. The van der Waals surface area contributed by atoms with Crippen molar-refractivity contribution in [2.24, 2.45) is 0 Å². The first-order valence-electron chi connectivity index (χ1n) is 5.71. The first kappa shape index (κ1) is 14.2. The van der Waals surface area contributed by atoms with Crippen LogP contribution in [0, 0.1) is 0 Å². The molecule has 0 fully saturated rings. The summed E-state index contributed by atoms with van der Waals surface area (Å²) in [5, 5.41) is 11.6. The van der Waals surface area contributed by atoms with Crippen LogP contribution in [0.1, 0.15) is 24.9 Å².